The molecule has 11 heteroatoms. The summed E-state index contributed by atoms with van der Waals surface area (Å²) >= 11 is 0. The lowest BCUT2D eigenvalue weighted by atomic mass is 9.71. The molecule has 0 aromatic heterocycles. The summed E-state index contributed by atoms with van der Waals surface area (Å²) in [5.74, 6) is -0.255. The molecule has 0 saturated heterocycles. The van der Waals surface area contributed by atoms with Gasteiger partial charge in [0.2, 0.25) is 0 Å². The van der Waals surface area contributed by atoms with Crippen molar-refractivity contribution < 1.29 is 41.3 Å². The second kappa shape index (κ2) is 22.0. The molecule has 0 aromatic carbocycles. The van der Waals surface area contributed by atoms with E-state index in [1.54, 1.807) is 6.92 Å². The van der Waals surface area contributed by atoms with Gasteiger partial charge in [0.1, 0.15) is 12.2 Å². The van der Waals surface area contributed by atoms with Gasteiger partial charge in [0.05, 0.1) is 0 Å². The van der Waals surface area contributed by atoms with Crippen LogP contribution in [-0.2, 0) is 41.3 Å². The highest BCUT2D eigenvalue weighted by Crippen LogP contribution is 2.52. The Balaban J connectivity index is 2.00. The predicted octanol–water partition coefficient (Wildman–Crippen LogP) is 11.9. The molecule has 0 amide bonds. The molecule has 2 aliphatic rings. The van der Waals surface area contributed by atoms with Crippen molar-refractivity contribution >= 4 is 28.0 Å². The first-order valence-electron chi connectivity index (χ1n) is 18.3. The molecule has 9 nitrogen and oxygen atoms in total. The number of hydrogen-bond acceptors (Lipinski definition) is 9. The minimum absolute atomic E-state index is 0.0326. The number of phosphoric acid groups is 1. The monoisotopic (exact) mass is 796 g/mol. The van der Waals surface area contributed by atoms with Crippen LogP contribution >= 0.6 is 16.4 Å². The van der Waals surface area contributed by atoms with Gasteiger partial charge in [-0.15, -0.1) is 0 Å². The number of ketones is 2. The van der Waals surface area contributed by atoms with Crippen LogP contribution in [0, 0.1) is 10.8 Å². The predicted molar refractivity (Wildman–Crippen MR) is 225 cm³/mol. The van der Waals surface area contributed by atoms with Crippen LogP contribution < -0.4 is 0 Å². The number of allylic oxidation sites excluding steroid dienone is 20. The van der Waals surface area contributed by atoms with E-state index in [1.165, 1.54) is 28.4 Å². The number of rotatable bonds is 18. The maximum Gasteiger partial charge on any atom is 0.474 e. The van der Waals surface area contributed by atoms with Crippen molar-refractivity contribution in [1.82, 2.24) is 0 Å². The Hall–Kier alpha value is -3.10. The molecule has 0 aliphatic heterocycles. The Morgan fingerprint density at radius 2 is 0.982 bits per heavy atom. The molecular weight excluding hydrogens is 734 g/mol. The summed E-state index contributed by atoms with van der Waals surface area (Å²) in [5, 5.41) is 0. The Bertz CT molecular complexity index is 1780. The Kier molecular flexibility index (Phi) is 19.2. The minimum Gasteiger partial charge on any atom is -0.316 e. The summed E-state index contributed by atoms with van der Waals surface area (Å²) < 4.78 is 44.0. The Morgan fingerprint density at radius 3 is 1.38 bits per heavy atom. The van der Waals surface area contributed by atoms with E-state index in [-0.39, 0.29) is 17.0 Å². The fourth-order valence-electron chi connectivity index (χ4n) is 6.32. The molecule has 0 spiro atoms. The van der Waals surface area contributed by atoms with Gasteiger partial charge in [0.25, 0.3) is 0 Å². The third kappa shape index (κ3) is 14.7. The van der Waals surface area contributed by atoms with Crippen LogP contribution in [0.5, 0.6) is 0 Å². The molecule has 0 heterocycles. The molecule has 2 rings (SSSR count). The van der Waals surface area contributed by atoms with E-state index in [4.69, 9.17) is 27.1 Å². The summed E-state index contributed by atoms with van der Waals surface area (Å²) in [6.45, 7) is 20.1. The van der Waals surface area contributed by atoms with Crippen LogP contribution in [0.2, 0.25) is 0 Å². The van der Waals surface area contributed by atoms with Gasteiger partial charge in [-0.2, -0.15) is 0 Å². The minimum atomic E-state index is -3.79. The standard InChI is InChI=1S/C44H62O9P2/c1-31(21-17-23-33(3)25-27-37-35(5)41(45)39(29-43(37,7)8)52-54(48-11)49-12)19-15-16-20-32(2)22-18-24-34(4)26-28-38-36(6)42(46)40(30-44(38,9)10)53-55(47,50-13)51-14/h15-28,39-40H,29-30H2,1-14H3/b16-15+,21-17+,22-18+,27-25+,28-26+,31-19+,32-20+,33-23+,34-24+. The molecule has 0 N–H and O–H groups in total. The quantitative estimate of drug-likeness (QED) is 0.0989. The van der Waals surface area contributed by atoms with Crippen LogP contribution in [0.4, 0.5) is 0 Å². The normalized spacial score (nSPS) is 22.5. The molecule has 0 fully saturated rings. The molecule has 0 aromatic rings. The van der Waals surface area contributed by atoms with E-state index in [9.17, 15) is 14.2 Å². The fraction of sp³-hybridized carbons (Fsp3) is 0.455. The van der Waals surface area contributed by atoms with Gasteiger partial charge in [0.15, 0.2) is 11.6 Å². The highest BCUT2D eigenvalue weighted by molar-refractivity contribution is 7.48. The van der Waals surface area contributed by atoms with Crippen molar-refractivity contribution in [1.29, 1.82) is 0 Å². The second-order valence-electron chi connectivity index (χ2n) is 15.0. The van der Waals surface area contributed by atoms with Gasteiger partial charge < -0.3 is 13.6 Å². The summed E-state index contributed by atoms with van der Waals surface area (Å²) in [7, 11) is 0.149. The topological polar surface area (TPSA) is 107 Å². The first-order chi connectivity index (χ1) is 25.7. The lowest BCUT2D eigenvalue weighted by Crippen LogP contribution is -2.37. The average Bonchev–Trinajstić information content (AvgIpc) is 3.12. The van der Waals surface area contributed by atoms with Crippen LogP contribution in [0.25, 0.3) is 0 Å². The third-order valence-electron chi connectivity index (χ3n) is 9.49. The summed E-state index contributed by atoms with van der Waals surface area (Å²) in [6.07, 6.45) is 27.8. The Morgan fingerprint density at radius 1 is 0.618 bits per heavy atom. The number of hydrogen-bond donors (Lipinski definition) is 0. The molecule has 0 saturated carbocycles. The largest absolute Gasteiger partial charge is 0.474 e. The summed E-state index contributed by atoms with van der Waals surface area (Å²) in [6, 6.07) is 0. The summed E-state index contributed by atoms with van der Waals surface area (Å²) in [5.41, 5.74) is 6.85. The van der Waals surface area contributed by atoms with E-state index in [2.05, 4.69) is 26.0 Å². The molecule has 0 radical (unpaired) electrons. The molecular formula is C44H62O9P2. The van der Waals surface area contributed by atoms with E-state index in [1.807, 2.05) is 121 Å². The molecule has 2 unspecified atom stereocenters. The van der Waals surface area contributed by atoms with Gasteiger partial charge in [0, 0.05) is 28.4 Å². The smallest absolute Gasteiger partial charge is 0.316 e. The first kappa shape index (κ1) is 48.0. The van der Waals surface area contributed by atoms with Crippen LogP contribution in [-0.4, -0.2) is 52.2 Å². The van der Waals surface area contributed by atoms with E-state index < -0.39 is 34.0 Å². The van der Waals surface area contributed by atoms with E-state index in [0.29, 0.717) is 24.0 Å². The zero-order valence-corrected chi connectivity index (χ0v) is 37.0. The van der Waals surface area contributed by atoms with Gasteiger partial charge in [-0.3, -0.25) is 23.2 Å². The number of phosphoric ester groups is 1. The van der Waals surface area contributed by atoms with E-state index >= 15 is 0 Å². The van der Waals surface area contributed by atoms with Crippen LogP contribution in [0.1, 0.15) is 82.1 Å². The van der Waals surface area contributed by atoms with Crippen LogP contribution in [0.15, 0.2) is 130 Å². The van der Waals surface area contributed by atoms with Gasteiger partial charge in [-0.05, 0) is 87.5 Å². The molecule has 302 valence electrons. The molecule has 2 aliphatic carbocycles. The van der Waals surface area contributed by atoms with Crippen molar-refractivity contribution in [2.75, 3.05) is 28.4 Å². The zero-order chi connectivity index (χ0) is 41.6. The van der Waals surface area contributed by atoms with Gasteiger partial charge in [-0.25, -0.2) is 4.57 Å². The SMILES string of the molecule is COP(OC)OC1CC(C)(C)C(/C=C/C(C)=C/C=C/C(C)=C/C=C/C=C(C)/C=C/C=C(C)/C=C/C2=C(C)C(=O)C(OP(=O)(OC)OC)CC2(C)C)=C(C)C1=O. The number of carbonyl (C=O) groups excluding carboxylic acids is 2. The highest BCUT2D eigenvalue weighted by Gasteiger charge is 2.43. The van der Waals surface area contributed by atoms with Crippen molar-refractivity contribution in [3.63, 3.8) is 0 Å². The lowest BCUT2D eigenvalue weighted by Gasteiger charge is -2.37. The maximum atomic E-state index is 13.1. The highest BCUT2D eigenvalue weighted by atomic mass is 31.2. The fourth-order valence-corrected chi connectivity index (χ4v) is 7.82. The lowest BCUT2D eigenvalue weighted by molar-refractivity contribution is -0.125. The average molecular weight is 797 g/mol. The second-order valence-corrected chi connectivity index (χ2v) is 18.2. The molecule has 0 bridgehead atoms. The number of carbonyl (C=O) groups is 2. The van der Waals surface area contributed by atoms with Gasteiger partial charge >= 0.3 is 16.4 Å². The maximum absolute atomic E-state index is 13.1. The Labute approximate surface area is 331 Å². The van der Waals surface area contributed by atoms with E-state index in [0.717, 1.165) is 33.4 Å². The van der Waals surface area contributed by atoms with Crippen molar-refractivity contribution in [3.8, 4) is 0 Å². The molecule has 2 atom stereocenters. The zero-order valence-electron chi connectivity index (χ0n) is 35.2. The molecule has 55 heavy (non-hydrogen) atoms. The van der Waals surface area contributed by atoms with Crippen molar-refractivity contribution in [2.45, 2.75) is 94.3 Å². The van der Waals surface area contributed by atoms with Gasteiger partial charge in [-0.1, -0.05) is 135 Å². The first-order valence-corrected chi connectivity index (χ1v) is 20.8. The number of Topliss-reactive ketones (excluding diaryl/α,β-unsaturated/α-hetero) is 2. The van der Waals surface area contributed by atoms with Crippen LogP contribution in [0.3, 0.4) is 0 Å². The van der Waals surface area contributed by atoms with Crippen molar-refractivity contribution in [2.24, 2.45) is 10.8 Å². The van der Waals surface area contributed by atoms with Crippen molar-refractivity contribution in [3.05, 3.63) is 130 Å². The summed E-state index contributed by atoms with van der Waals surface area (Å²) in [4.78, 5) is 26.1. The third-order valence-corrected chi connectivity index (χ3v) is 11.9.